The zero-order valence-corrected chi connectivity index (χ0v) is 17.0. The van der Waals surface area contributed by atoms with E-state index in [1.807, 2.05) is 0 Å². The standard InChI is InChI=1S/C17H16N5O5S2/c1-3-27-15(24)13-9(2)18-16(29-13)20-21-17-19-14(23)12(28-17)8-10-4-6-11(7-5-10)22(25)26/h4-8H,3H2,1-2H3,(H3-,18,19,20,21,23,24,25,26)/q-1. The minimum atomic E-state index is -0.477. The van der Waals surface area contributed by atoms with Gasteiger partial charge in [0.2, 0.25) is 21.9 Å². The molecule has 152 valence electrons. The number of carbonyl (C=O) groups excluding carboxylic acids is 1. The van der Waals surface area contributed by atoms with E-state index in [-0.39, 0.29) is 18.2 Å². The number of hydrazine groups is 1. The molecule has 12 heteroatoms. The van der Waals surface area contributed by atoms with Crippen molar-refractivity contribution >= 4 is 50.7 Å². The maximum Gasteiger partial charge on any atom is 0.350 e. The SMILES string of the molecule is CCOC(=O)c1sc(NNc2nc(O)c(C=C3C=CC(=[N+]([O-])[O-])C=C3)s2)nc1C. The van der Waals surface area contributed by atoms with Crippen LogP contribution in [0.3, 0.4) is 0 Å². The van der Waals surface area contributed by atoms with Crippen LogP contribution in [0.25, 0.3) is 6.08 Å². The molecule has 0 radical (unpaired) electrons. The number of anilines is 2. The molecule has 1 aliphatic rings. The Morgan fingerprint density at radius 3 is 2.48 bits per heavy atom. The Bertz CT molecular complexity index is 1030. The van der Waals surface area contributed by atoms with Gasteiger partial charge in [-0.1, -0.05) is 22.7 Å². The molecular weight excluding hydrogens is 418 g/mol. The predicted molar refractivity (Wildman–Crippen MR) is 112 cm³/mol. The lowest BCUT2D eigenvalue weighted by Gasteiger charge is -2.07. The van der Waals surface area contributed by atoms with E-state index >= 15 is 0 Å². The highest BCUT2D eigenvalue weighted by Crippen LogP contribution is 2.31. The van der Waals surface area contributed by atoms with Gasteiger partial charge in [0.1, 0.15) is 4.88 Å². The molecule has 29 heavy (non-hydrogen) atoms. The van der Waals surface area contributed by atoms with Gasteiger partial charge in [-0.05, 0) is 37.6 Å². The van der Waals surface area contributed by atoms with Gasteiger partial charge in [-0.25, -0.2) is 9.78 Å². The zero-order chi connectivity index (χ0) is 21.0. The molecule has 2 heterocycles. The third-order valence-corrected chi connectivity index (χ3v) is 5.53. The van der Waals surface area contributed by atoms with Crippen molar-refractivity contribution < 1.29 is 19.5 Å². The fourth-order valence-corrected chi connectivity index (χ4v) is 3.85. The monoisotopic (exact) mass is 434 g/mol. The molecule has 2 aromatic heterocycles. The smallest absolute Gasteiger partial charge is 0.350 e. The molecule has 0 aromatic carbocycles. The molecule has 3 rings (SSSR count). The number of hydrogen-bond acceptors (Lipinski definition) is 11. The van der Waals surface area contributed by atoms with E-state index in [4.69, 9.17) is 4.74 Å². The van der Waals surface area contributed by atoms with Crippen LogP contribution in [0.15, 0.2) is 29.9 Å². The quantitative estimate of drug-likeness (QED) is 0.354. The number of aromatic nitrogens is 2. The summed E-state index contributed by atoms with van der Waals surface area (Å²) < 4.78 is 4.98. The number of carbonyl (C=O) groups is 1. The van der Waals surface area contributed by atoms with Gasteiger partial charge >= 0.3 is 5.97 Å². The average Bonchev–Trinajstić information content (AvgIpc) is 3.23. The van der Waals surface area contributed by atoms with Crippen LogP contribution >= 0.6 is 22.7 Å². The normalized spacial score (nSPS) is 12.8. The highest BCUT2D eigenvalue weighted by Gasteiger charge is 2.17. The van der Waals surface area contributed by atoms with Crippen LogP contribution in [-0.2, 0) is 4.74 Å². The third-order valence-electron chi connectivity index (χ3n) is 3.57. The largest absolute Gasteiger partial charge is 0.612 e. The molecular formula is C17H16N5O5S2-. The van der Waals surface area contributed by atoms with Crippen LogP contribution in [0.5, 0.6) is 5.88 Å². The lowest BCUT2D eigenvalue weighted by atomic mass is 10.1. The van der Waals surface area contributed by atoms with Crippen LogP contribution in [0, 0.1) is 17.3 Å². The van der Waals surface area contributed by atoms with Crippen molar-refractivity contribution in [2.45, 2.75) is 13.8 Å². The number of nitrogens with one attached hydrogen (secondary N) is 2. The average molecular weight is 434 g/mol. The molecule has 1 aliphatic carbocycles. The second kappa shape index (κ2) is 8.75. The Balaban J connectivity index is 1.68. The van der Waals surface area contributed by atoms with Crippen molar-refractivity contribution in [2.24, 2.45) is 0 Å². The first-order chi connectivity index (χ1) is 13.9. The van der Waals surface area contributed by atoms with Crippen molar-refractivity contribution in [1.29, 1.82) is 0 Å². The number of thiazole rings is 2. The first kappa shape index (κ1) is 20.4. The van der Waals surface area contributed by atoms with Crippen molar-refractivity contribution in [1.82, 2.24) is 9.97 Å². The van der Waals surface area contributed by atoms with Gasteiger partial charge in [-0.2, -0.15) is 9.89 Å². The number of hydrogen-bond donors (Lipinski definition) is 3. The summed E-state index contributed by atoms with van der Waals surface area (Å²) in [6.45, 7) is 3.72. The van der Waals surface area contributed by atoms with E-state index < -0.39 is 10.9 Å². The zero-order valence-electron chi connectivity index (χ0n) is 15.3. The summed E-state index contributed by atoms with van der Waals surface area (Å²) in [6.07, 6.45) is 7.59. The van der Waals surface area contributed by atoms with Gasteiger partial charge in [-0.15, -0.1) is 0 Å². The third kappa shape index (κ3) is 4.92. The maximum atomic E-state index is 11.8. The van der Waals surface area contributed by atoms with Crippen molar-refractivity contribution in [3.8, 4) is 5.88 Å². The second-order valence-electron chi connectivity index (χ2n) is 5.60. The fourth-order valence-electron chi connectivity index (χ4n) is 2.26. The Hall–Kier alpha value is -3.38. The summed E-state index contributed by atoms with van der Waals surface area (Å²) in [7, 11) is 0. The Morgan fingerprint density at radius 1 is 1.21 bits per heavy atom. The van der Waals surface area contributed by atoms with Crippen molar-refractivity contribution in [3.63, 3.8) is 0 Å². The number of esters is 1. The van der Waals surface area contributed by atoms with Gasteiger partial charge in [0, 0.05) is 12.2 Å². The van der Waals surface area contributed by atoms with E-state index in [9.17, 15) is 20.3 Å². The molecule has 0 aliphatic heterocycles. The van der Waals surface area contributed by atoms with Gasteiger partial charge in [-0.3, -0.25) is 10.9 Å². The fraction of sp³-hybridized carbons (Fsp3) is 0.176. The molecule has 0 saturated heterocycles. The van der Waals surface area contributed by atoms with Crippen LogP contribution in [0.1, 0.15) is 27.2 Å². The number of ether oxygens (including phenoxy) is 1. The summed E-state index contributed by atoms with van der Waals surface area (Å²) in [5.41, 5.74) is 6.89. The minimum Gasteiger partial charge on any atom is -0.612 e. The van der Waals surface area contributed by atoms with Gasteiger partial charge in [0.25, 0.3) is 0 Å². The topological polar surface area (TPSA) is 146 Å². The highest BCUT2D eigenvalue weighted by atomic mass is 32.1. The molecule has 0 bridgehead atoms. The molecule has 0 unspecified atom stereocenters. The Morgan fingerprint density at radius 2 is 1.86 bits per heavy atom. The van der Waals surface area contributed by atoms with Crippen molar-refractivity contribution in [2.75, 3.05) is 17.5 Å². The lowest BCUT2D eigenvalue weighted by molar-refractivity contribution is -0.377. The van der Waals surface area contributed by atoms with Crippen LogP contribution in [0.2, 0.25) is 0 Å². The van der Waals surface area contributed by atoms with Gasteiger partial charge < -0.3 is 20.3 Å². The van der Waals surface area contributed by atoms with Crippen LogP contribution < -0.4 is 10.9 Å². The molecule has 10 nitrogen and oxygen atoms in total. The summed E-state index contributed by atoms with van der Waals surface area (Å²) in [5.74, 6) is -0.609. The maximum absolute atomic E-state index is 11.8. The van der Waals surface area contributed by atoms with E-state index in [1.54, 1.807) is 32.1 Å². The number of rotatable bonds is 6. The Kier molecular flexibility index (Phi) is 6.14. The van der Waals surface area contributed by atoms with Gasteiger partial charge in [0.05, 0.1) is 17.2 Å². The summed E-state index contributed by atoms with van der Waals surface area (Å²) >= 11 is 2.31. The Labute approximate surface area is 173 Å². The molecule has 3 N–H and O–H groups in total. The molecule has 0 spiro atoms. The van der Waals surface area contributed by atoms with Crippen LogP contribution in [-0.4, -0.2) is 38.3 Å². The van der Waals surface area contributed by atoms with Crippen molar-refractivity contribution in [3.05, 3.63) is 55.7 Å². The second-order valence-corrected chi connectivity index (χ2v) is 7.63. The van der Waals surface area contributed by atoms with Gasteiger partial charge in [0.15, 0.2) is 0 Å². The summed E-state index contributed by atoms with van der Waals surface area (Å²) in [4.78, 5) is 20.5. The highest BCUT2D eigenvalue weighted by molar-refractivity contribution is 7.18. The lowest BCUT2D eigenvalue weighted by Crippen LogP contribution is -2.07. The molecule has 0 atom stereocenters. The first-order valence-corrected chi connectivity index (χ1v) is 9.96. The minimum absolute atomic E-state index is 0.0110. The van der Waals surface area contributed by atoms with E-state index in [0.717, 1.165) is 11.3 Å². The molecule has 0 saturated carbocycles. The van der Waals surface area contributed by atoms with E-state index in [2.05, 4.69) is 20.8 Å². The molecule has 0 amide bonds. The summed E-state index contributed by atoms with van der Waals surface area (Å²) in [6, 6.07) is 0. The number of aromatic hydroxyl groups is 1. The van der Waals surface area contributed by atoms with E-state index in [0.29, 0.717) is 31.3 Å². The summed E-state index contributed by atoms with van der Waals surface area (Å²) in [5, 5.41) is 32.3. The van der Waals surface area contributed by atoms with E-state index in [1.165, 1.54) is 23.5 Å². The first-order valence-electron chi connectivity index (χ1n) is 8.33. The number of aryl methyl sites for hydroxylation is 1. The predicted octanol–water partition coefficient (Wildman–Crippen LogP) is 3.19. The molecule has 2 aromatic rings. The van der Waals surface area contributed by atoms with Crippen LogP contribution in [0.4, 0.5) is 10.3 Å². The molecule has 0 fully saturated rings. The number of allylic oxidation sites excluding steroid dienone is 5. The number of nitrogens with zero attached hydrogens (tertiary/aromatic N) is 3.